The van der Waals surface area contributed by atoms with Crippen LogP contribution in [0.3, 0.4) is 0 Å². The van der Waals surface area contributed by atoms with Crippen molar-refractivity contribution in [3.8, 4) is 12.3 Å². The Morgan fingerprint density at radius 1 is 0.812 bits per heavy atom. The number of hydrogen-bond acceptors (Lipinski definition) is 1. The highest BCUT2D eigenvalue weighted by Crippen LogP contribution is 2.06. The summed E-state index contributed by atoms with van der Waals surface area (Å²) in [7, 11) is 0. The van der Waals surface area contributed by atoms with E-state index in [2.05, 4.69) is 18.1 Å². The molecule has 16 heavy (non-hydrogen) atoms. The van der Waals surface area contributed by atoms with Crippen LogP contribution in [0.25, 0.3) is 0 Å². The normalized spacial score (nSPS) is 10.8. The van der Waals surface area contributed by atoms with Crippen LogP contribution in [-0.2, 0) is 0 Å². The lowest BCUT2D eigenvalue weighted by molar-refractivity contribution is 0.282. The minimum absolute atomic E-state index is 0.345. The summed E-state index contributed by atoms with van der Waals surface area (Å²) < 4.78 is 0. The van der Waals surface area contributed by atoms with Crippen LogP contribution >= 0.6 is 0 Å². The lowest BCUT2D eigenvalue weighted by Crippen LogP contribution is -1.83. The minimum atomic E-state index is 0.345. The molecule has 1 N–H and O–H groups in total. The van der Waals surface area contributed by atoms with Gasteiger partial charge in [-0.05, 0) is 38.5 Å². The fourth-order valence-corrected chi connectivity index (χ4v) is 1.63. The van der Waals surface area contributed by atoms with Gasteiger partial charge in [0.05, 0.1) is 0 Å². The molecule has 0 aromatic rings. The molecule has 0 aliphatic heterocycles. The van der Waals surface area contributed by atoms with Gasteiger partial charge in [0, 0.05) is 13.0 Å². The van der Waals surface area contributed by atoms with Gasteiger partial charge in [0.2, 0.25) is 0 Å². The summed E-state index contributed by atoms with van der Waals surface area (Å²) in [5, 5.41) is 8.60. The van der Waals surface area contributed by atoms with Gasteiger partial charge < -0.3 is 5.11 Å². The highest BCUT2D eigenvalue weighted by molar-refractivity contribution is 4.85. The second-order valence-electron chi connectivity index (χ2n) is 4.20. The quantitative estimate of drug-likeness (QED) is 0.317. The highest BCUT2D eigenvalue weighted by atomic mass is 16.2. The summed E-state index contributed by atoms with van der Waals surface area (Å²) in [5.41, 5.74) is 0. The van der Waals surface area contributed by atoms with Crippen LogP contribution in [0, 0.1) is 12.3 Å². The van der Waals surface area contributed by atoms with Crippen LogP contribution in [0.2, 0.25) is 0 Å². The zero-order valence-electron chi connectivity index (χ0n) is 10.5. The van der Waals surface area contributed by atoms with Gasteiger partial charge in [-0.2, -0.15) is 0 Å². The molecule has 0 fully saturated rings. The van der Waals surface area contributed by atoms with Crippen molar-refractivity contribution in [2.75, 3.05) is 6.61 Å². The maximum Gasteiger partial charge on any atom is 0.0431 e. The fourth-order valence-electron chi connectivity index (χ4n) is 1.63. The molecule has 0 aromatic carbocycles. The number of allylic oxidation sites excluding steroid dienone is 2. The maximum atomic E-state index is 8.60. The first-order chi connectivity index (χ1) is 7.91. The van der Waals surface area contributed by atoms with Crippen molar-refractivity contribution in [3.05, 3.63) is 12.2 Å². The SMILES string of the molecule is C#CCCCCC=CCCCCCCCO. The van der Waals surface area contributed by atoms with Gasteiger partial charge >= 0.3 is 0 Å². The number of aliphatic hydroxyl groups is 1. The Balaban J connectivity index is 3.01. The van der Waals surface area contributed by atoms with Gasteiger partial charge in [0.15, 0.2) is 0 Å². The van der Waals surface area contributed by atoms with Gasteiger partial charge in [-0.3, -0.25) is 0 Å². The lowest BCUT2D eigenvalue weighted by Gasteiger charge is -1.97. The van der Waals surface area contributed by atoms with Gasteiger partial charge in [0.25, 0.3) is 0 Å². The molecule has 1 heteroatoms. The first kappa shape index (κ1) is 15.3. The first-order valence-corrected chi connectivity index (χ1v) is 6.61. The Morgan fingerprint density at radius 3 is 2.00 bits per heavy atom. The molecule has 0 atom stereocenters. The molecule has 0 heterocycles. The van der Waals surface area contributed by atoms with Crippen LogP contribution in [-0.4, -0.2) is 11.7 Å². The summed E-state index contributed by atoms with van der Waals surface area (Å²) in [6.45, 7) is 0.345. The van der Waals surface area contributed by atoms with E-state index in [1.54, 1.807) is 0 Å². The first-order valence-electron chi connectivity index (χ1n) is 6.61. The van der Waals surface area contributed by atoms with E-state index in [4.69, 9.17) is 11.5 Å². The molecule has 0 aliphatic carbocycles. The van der Waals surface area contributed by atoms with Crippen LogP contribution < -0.4 is 0 Å². The van der Waals surface area contributed by atoms with Gasteiger partial charge in [0.1, 0.15) is 0 Å². The molecule has 0 unspecified atom stereocenters. The number of unbranched alkanes of at least 4 members (excludes halogenated alkanes) is 8. The van der Waals surface area contributed by atoms with Crippen molar-refractivity contribution in [1.82, 2.24) is 0 Å². The van der Waals surface area contributed by atoms with Crippen LogP contribution in [0.1, 0.15) is 64.2 Å². The molecule has 0 aliphatic rings. The lowest BCUT2D eigenvalue weighted by atomic mass is 10.1. The van der Waals surface area contributed by atoms with E-state index < -0.39 is 0 Å². The van der Waals surface area contributed by atoms with Crippen LogP contribution in [0.5, 0.6) is 0 Å². The third-order valence-electron chi connectivity index (χ3n) is 2.64. The summed E-state index contributed by atoms with van der Waals surface area (Å²) in [4.78, 5) is 0. The van der Waals surface area contributed by atoms with E-state index >= 15 is 0 Å². The Bertz CT molecular complexity index is 188. The van der Waals surface area contributed by atoms with E-state index in [1.807, 2.05) is 0 Å². The van der Waals surface area contributed by atoms with Crippen LogP contribution in [0.15, 0.2) is 12.2 Å². The molecule has 1 nitrogen and oxygen atoms in total. The zero-order chi connectivity index (χ0) is 11.9. The third-order valence-corrected chi connectivity index (χ3v) is 2.64. The molecular weight excluding hydrogens is 196 g/mol. The molecule has 92 valence electrons. The van der Waals surface area contributed by atoms with E-state index in [9.17, 15) is 0 Å². The molecule has 0 rings (SSSR count). The minimum Gasteiger partial charge on any atom is -0.396 e. The Hall–Kier alpha value is -0.740. The number of terminal acetylenes is 1. The number of aliphatic hydroxyl groups excluding tert-OH is 1. The van der Waals surface area contributed by atoms with Gasteiger partial charge in [-0.25, -0.2) is 0 Å². The number of rotatable bonds is 11. The van der Waals surface area contributed by atoms with Crippen molar-refractivity contribution in [2.45, 2.75) is 64.2 Å². The Kier molecular flexibility index (Phi) is 13.6. The third kappa shape index (κ3) is 13.3. The molecular formula is C15H26O. The van der Waals surface area contributed by atoms with Crippen molar-refractivity contribution in [2.24, 2.45) is 0 Å². The molecule has 0 spiro atoms. The molecule has 0 amide bonds. The van der Waals surface area contributed by atoms with Crippen LogP contribution in [0.4, 0.5) is 0 Å². The molecule has 0 aromatic heterocycles. The van der Waals surface area contributed by atoms with E-state index in [-0.39, 0.29) is 0 Å². The summed E-state index contributed by atoms with van der Waals surface area (Å²) in [5.74, 6) is 2.66. The smallest absolute Gasteiger partial charge is 0.0431 e. The van der Waals surface area contributed by atoms with E-state index in [0.29, 0.717) is 6.61 Å². The van der Waals surface area contributed by atoms with Crippen molar-refractivity contribution in [3.63, 3.8) is 0 Å². The van der Waals surface area contributed by atoms with Gasteiger partial charge in [-0.1, -0.05) is 31.4 Å². The standard InChI is InChI=1S/C15H26O/c1-2-3-4-5-6-7-8-9-10-11-12-13-14-15-16/h1,7-8,16H,3-6,9-15H2. The number of hydrogen-bond donors (Lipinski definition) is 1. The molecule has 0 saturated carbocycles. The average molecular weight is 222 g/mol. The second kappa shape index (κ2) is 14.3. The van der Waals surface area contributed by atoms with Crippen molar-refractivity contribution in [1.29, 1.82) is 0 Å². The largest absolute Gasteiger partial charge is 0.396 e. The molecule has 0 saturated heterocycles. The zero-order valence-corrected chi connectivity index (χ0v) is 10.5. The summed E-state index contributed by atoms with van der Waals surface area (Å²) in [6.07, 6.45) is 21.4. The predicted octanol–water partition coefficient (Wildman–Crippen LogP) is 4.07. The topological polar surface area (TPSA) is 20.2 Å². The highest BCUT2D eigenvalue weighted by Gasteiger charge is 1.88. The van der Waals surface area contributed by atoms with Crippen molar-refractivity contribution < 1.29 is 5.11 Å². The van der Waals surface area contributed by atoms with E-state index in [0.717, 1.165) is 19.3 Å². The van der Waals surface area contributed by atoms with Crippen molar-refractivity contribution >= 4 is 0 Å². The maximum absolute atomic E-state index is 8.60. The van der Waals surface area contributed by atoms with E-state index in [1.165, 1.54) is 44.9 Å². The summed E-state index contributed by atoms with van der Waals surface area (Å²) in [6, 6.07) is 0. The molecule has 0 bridgehead atoms. The Labute approximate surface area is 101 Å². The second-order valence-corrected chi connectivity index (χ2v) is 4.20. The van der Waals surface area contributed by atoms with Gasteiger partial charge in [-0.15, -0.1) is 12.3 Å². The Morgan fingerprint density at radius 2 is 1.38 bits per heavy atom. The monoisotopic (exact) mass is 222 g/mol. The fraction of sp³-hybridized carbons (Fsp3) is 0.733. The predicted molar refractivity (Wildman–Crippen MR) is 71.2 cm³/mol. The summed E-state index contributed by atoms with van der Waals surface area (Å²) >= 11 is 0. The molecule has 0 radical (unpaired) electrons. The average Bonchev–Trinajstić information content (AvgIpc) is 2.31.